The maximum Gasteiger partial charge on any atom is 0.326 e. The zero-order valence-electron chi connectivity index (χ0n) is 10.3. The molecule has 0 fully saturated rings. The number of nitrogens with one attached hydrogen (secondary N) is 1. The highest BCUT2D eigenvalue weighted by atomic mass is 16.4. The molecule has 0 aromatic carbocycles. The molecule has 0 spiro atoms. The van der Waals surface area contributed by atoms with E-state index in [-0.39, 0.29) is 18.7 Å². The molecule has 0 unspecified atom stereocenters. The third-order valence-corrected chi connectivity index (χ3v) is 2.46. The van der Waals surface area contributed by atoms with Gasteiger partial charge in [0.1, 0.15) is 12.3 Å². The van der Waals surface area contributed by atoms with E-state index in [9.17, 15) is 14.4 Å². The van der Waals surface area contributed by atoms with Crippen LogP contribution in [0.15, 0.2) is 0 Å². The zero-order valence-corrected chi connectivity index (χ0v) is 10.3. The highest BCUT2D eigenvalue weighted by Gasteiger charge is 2.18. The van der Waals surface area contributed by atoms with Crippen LogP contribution in [0, 0.1) is 0 Å². The molecule has 0 aliphatic heterocycles. The van der Waals surface area contributed by atoms with Crippen LogP contribution in [0.3, 0.4) is 0 Å². The van der Waals surface area contributed by atoms with Crippen molar-refractivity contribution >= 4 is 18.2 Å². The smallest absolute Gasteiger partial charge is 0.326 e. The number of carbonyl (C=O) groups excluding carboxylic acids is 2. The fourth-order valence-corrected chi connectivity index (χ4v) is 1.47. The summed E-state index contributed by atoms with van der Waals surface area (Å²) in [5, 5.41) is 11.3. The second kappa shape index (κ2) is 9.81. The maximum atomic E-state index is 11.4. The second-order valence-electron chi connectivity index (χ2n) is 4.01. The minimum Gasteiger partial charge on any atom is -0.480 e. The van der Waals surface area contributed by atoms with E-state index in [1.165, 1.54) is 0 Å². The Morgan fingerprint density at radius 2 is 2.00 bits per heavy atom. The van der Waals surface area contributed by atoms with Gasteiger partial charge in [-0.3, -0.25) is 4.79 Å². The third-order valence-electron chi connectivity index (χ3n) is 2.46. The molecule has 5 nitrogen and oxygen atoms in total. The van der Waals surface area contributed by atoms with E-state index >= 15 is 0 Å². The molecule has 0 aliphatic carbocycles. The van der Waals surface area contributed by atoms with E-state index in [4.69, 9.17) is 5.11 Å². The topological polar surface area (TPSA) is 83.5 Å². The van der Waals surface area contributed by atoms with Gasteiger partial charge in [-0.25, -0.2) is 4.79 Å². The monoisotopic (exact) mass is 243 g/mol. The lowest BCUT2D eigenvalue weighted by Crippen LogP contribution is -2.40. The van der Waals surface area contributed by atoms with E-state index in [0.717, 1.165) is 25.7 Å². The number of carbonyl (C=O) groups is 3. The van der Waals surface area contributed by atoms with Crippen LogP contribution in [0.4, 0.5) is 0 Å². The molecule has 1 atom stereocenters. The van der Waals surface area contributed by atoms with Gasteiger partial charge in [-0.1, -0.05) is 26.2 Å². The summed E-state index contributed by atoms with van der Waals surface area (Å²) in [6.45, 7) is 2.08. The van der Waals surface area contributed by atoms with Crippen LogP contribution in [0.2, 0.25) is 0 Å². The van der Waals surface area contributed by atoms with Gasteiger partial charge in [-0.05, 0) is 12.8 Å². The lowest BCUT2D eigenvalue weighted by molar-refractivity contribution is -0.142. The molecular weight excluding hydrogens is 222 g/mol. The summed E-state index contributed by atoms with van der Waals surface area (Å²) in [6, 6.07) is -0.945. The van der Waals surface area contributed by atoms with Gasteiger partial charge < -0.3 is 15.2 Å². The number of amides is 1. The molecule has 0 aromatic heterocycles. The number of aliphatic carboxylic acids is 1. The Morgan fingerprint density at radius 3 is 2.53 bits per heavy atom. The minimum absolute atomic E-state index is 0.146. The minimum atomic E-state index is -1.09. The Kier molecular flexibility index (Phi) is 9.01. The van der Waals surface area contributed by atoms with Crippen LogP contribution in [0.25, 0.3) is 0 Å². The normalized spacial score (nSPS) is 11.8. The molecule has 0 aromatic rings. The van der Waals surface area contributed by atoms with Gasteiger partial charge in [0.05, 0.1) is 0 Å². The van der Waals surface area contributed by atoms with Crippen molar-refractivity contribution in [1.29, 1.82) is 0 Å². The van der Waals surface area contributed by atoms with Gasteiger partial charge in [-0.2, -0.15) is 0 Å². The van der Waals surface area contributed by atoms with E-state index in [1.807, 2.05) is 0 Å². The SMILES string of the molecule is CCCCCCC(=O)N[C@@H](CCC=O)C(=O)O. The predicted molar refractivity (Wildman–Crippen MR) is 63.6 cm³/mol. The average Bonchev–Trinajstić information content (AvgIpc) is 2.29. The first kappa shape index (κ1) is 15.6. The molecule has 98 valence electrons. The lowest BCUT2D eigenvalue weighted by atomic mass is 10.1. The summed E-state index contributed by atoms with van der Waals surface area (Å²) in [4.78, 5) is 32.4. The van der Waals surface area contributed by atoms with Crippen molar-refractivity contribution in [3.63, 3.8) is 0 Å². The van der Waals surface area contributed by atoms with E-state index in [1.54, 1.807) is 0 Å². The molecule has 0 saturated carbocycles. The van der Waals surface area contributed by atoms with Gasteiger partial charge >= 0.3 is 5.97 Å². The number of unbranched alkanes of at least 4 members (excludes halogenated alkanes) is 3. The van der Waals surface area contributed by atoms with Gasteiger partial charge in [0.15, 0.2) is 0 Å². The fraction of sp³-hybridized carbons (Fsp3) is 0.750. The number of hydrogen-bond donors (Lipinski definition) is 2. The van der Waals surface area contributed by atoms with E-state index in [0.29, 0.717) is 12.7 Å². The van der Waals surface area contributed by atoms with E-state index in [2.05, 4.69) is 12.2 Å². The van der Waals surface area contributed by atoms with Crippen LogP contribution < -0.4 is 5.32 Å². The Hall–Kier alpha value is -1.39. The van der Waals surface area contributed by atoms with Crippen molar-refractivity contribution in [1.82, 2.24) is 5.32 Å². The van der Waals surface area contributed by atoms with Crippen LogP contribution in [0.1, 0.15) is 51.9 Å². The number of rotatable bonds is 10. The molecule has 2 N–H and O–H groups in total. The molecule has 5 heteroatoms. The van der Waals surface area contributed by atoms with Crippen molar-refractivity contribution in [2.45, 2.75) is 57.9 Å². The number of carboxylic acids is 1. The molecule has 0 heterocycles. The van der Waals surface area contributed by atoms with Crippen LogP contribution >= 0.6 is 0 Å². The quantitative estimate of drug-likeness (QED) is 0.450. The summed E-state index contributed by atoms with van der Waals surface area (Å²) in [5.74, 6) is -1.34. The van der Waals surface area contributed by atoms with E-state index < -0.39 is 12.0 Å². The third kappa shape index (κ3) is 8.42. The summed E-state index contributed by atoms with van der Waals surface area (Å²) in [6.07, 6.45) is 5.25. The zero-order chi connectivity index (χ0) is 13.1. The molecule has 0 saturated heterocycles. The first-order chi connectivity index (χ1) is 8.11. The Balaban J connectivity index is 3.86. The van der Waals surface area contributed by atoms with Crippen molar-refractivity contribution in [2.24, 2.45) is 0 Å². The number of aldehydes is 1. The van der Waals surface area contributed by atoms with Crippen LogP contribution in [-0.2, 0) is 14.4 Å². The van der Waals surface area contributed by atoms with Gasteiger partial charge in [0.25, 0.3) is 0 Å². The summed E-state index contributed by atoms with van der Waals surface area (Å²) < 4.78 is 0. The molecular formula is C12H21NO4. The average molecular weight is 243 g/mol. The van der Waals surface area contributed by atoms with Crippen molar-refractivity contribution in [3.05, 3.63) is 0 Å². The molecule has 0 rings (SSSR count). The highest BCUT2D eigenvalue weighted by molar-refractivity contribution is 5.83. The Bertz CT molecular complexity index is 253. The largest absolute Gasteiger partial charge is 0.480 e. The first-order valence-electron chi connectivity index (χ1n) is 6.07. The molecule has 17 heavy (non-hydrogen) atoms. The Labute approximate surface area is 102 Å². The van der Waals surface area contributed by atoms with Gasteiger partial charge in [0, 0.05) is 12.8 Å². The molecule has 1 amide bonds. The van der Waals surface area contributed by atoms with Crippen molar-refractivity contribution < 1.29 is 19.5 Å². The maximum absolute atomic E-state index is 11.4. The summed E-state index contributed by atoms with van der Waals surface area (Å²) >= 11 is 0. The number of hydrogen-bond acceptors (Lipinski definition) is 3. The molecule has 0 aliphatic rings. The summed E-state index contributed by atoms with van der Waals surface area (Å²) in [5.41, 5.74) is 0. The second-order valence-corrected chi connectivity index (χ2v) is 4.01. The van der Waals surface area contributed by atoms with Crippen molar-refractivity contribution in [3.8, 4) is 0 Å². The van der Waals surface area contributed by atoms with Crippen molar-refractivity contribution in [2.75, 3.05) is 0 Å². The van der Waals surface area contributed by atoms with Gasteiger partial charge in [-0.15, -0.1) is 0 Å². The Morgan fingerprint density at radius 1 is 1.29 bits per heavy atom. The molecule has 0 radical (unpaired) electrons. The number of carboxylic acid groups (broad SMARTS) is 1. The standard InChI is InChI=1S/C12H21NO4/c1-2-3-4-5-8-11(15)13-10(12(16)17)7-6-9-14/h9-10H,2-8H2,1H3,(H,13,15)(H,16,17)/t10-/m0/s1. The van der Waals surface area contributed by atoms with Gasteiger partial charge in [0.2, 0.25) is 5.91 Å². The predicted octanol–water partition coefficient (Wildman–Crippen LogP) is 1.51. The van der Waals surface area contributed by atoms with Crippen LogP contribution in [0.5, 0.6) is 0 Å². The van der Waals surface area contributed by atoms with Crippen LogP contribution in [-0.4, -0.2) is 29.3 Å². The summed E-state index contributed by atoms with van der Waals surface area (Å²) in [7, 11) is 0. The lowest BCUT2D eigenvalue weighted by Gasteiger charge is -2.12. The highest BCUT2D eigenvalue weighted by Crippen LogP contribution is 2.03. The molecule has 0 bridgehead atoms. The fourth-order valence-electron chi connectivity index (χ4n) is 1.47. The first-order valence-corrected chi connectivity index (χ1v) is 6.07.